The lowest BCUT2D eigenvalue weighted by Gasteiger charge is -2.05. The summed E-state index contributed by atoms with van der Waals surface area (Å²) in [6.07, 6.45) is 4.13. The maximum absolute atomic E-state index is 12.2. The fraction of sp³-hybridized carbons (Fsp3) is 0.0625. The molecule has 1 aromatic carbocycles. The van der Waals surface area contributed by atoms with Gasteiger partial charge in [0.05, 0.1) is 6.54 Å². The van der Waals surface area contributed by atoms with Gasteiger partial charge in [-0.25, -0.2) is 14.8 Å². The van der Waals surface area contributed by atoms with Crippen molar-refractivity contribution in [2.75, 3.05) is 5.32 Å². The zero-order valence-corrected chi connectivity index (χ0v) is 13.5. The summed E-state index contributed by atoms with van der Waals surface area (Å²) < 4.78 is 1.60. The highest BCUT2D eigenvalue weighted by atomic mass is 35.5. The molecule has 0 radical (unpaired) electrons. The third-order valence-corrected chi connectivity index (χ3v) is 3.66. The molecule has 25 heavy (non-hydrogen) atoms. The third-order valence-electron chi connectivity index (χ3n) is 3.29. The monoisotopic (exact) mass is 357 g/mol. The van der Waals surface area contributed by atoms with Gasteiger partial charge in [0, 0.05) is 29.7 Å². The molecule has 0 atom stereocenters. The van der Waals surface area contributed by atoms with Gasteiger partial charge < -0.3 is 10.4 Å². The van der Waals surface area contributed by atoms with E-state index in [9.17, 15) is 9.59 Å². The van der Waals surface area contributed by atoms with E-state index in [1.807, 2.05) is 18.2 Å². The molecule has 3 aromatic rings. The molecule has 2 heterocycles. The average Bonchev–Trinajstić information content (AvgIpc) is 3.04. The van der Waals surface area contributed by atoms with Gasteiger partial charge in [0.15, 0.2) is 17.2 Å². The summed E-state index contributed by atoms with van der Waals surface area (Å²) in [5.41, 5.74) is 0.179. The van der Waals surface area contributed by atoms with Crippen molar-refractivity contribution in [1.82, 2.24) is 19.7 Å². The Kier molecular flexibility index (Phi) is 4.71. The van der Waals surface area contributed by atoms with Crippen LogP contribution in [0.1, 0.15) is 26.5 Å². The lowest BCUT2D eigenvalue weighted by molar-refractivity contribution is 0.0685. The number of anilines is 1. The number of nitrogens with zero attached hydrogens (tertiary/aromatic N) is 4. The van der Waals surface area contributed by atoms with Gasteiger partial charge in [-0.15, -0.1) is 0 Å². The van der Waals surface area contributed by atoms with E-state index in [0.29, 0.717) is 11.6 Å². The van der Waals surface area contributed by atoms with Crippen molar-refractivity contribution >= 4 is 29.3 Å². The van der Waals surface area contributed by atoms with E-state index >= 15 is 0 Å². The summed E-state index contributed by atoms with van der Waals surface area (Å²) in [6, 6.07) is 8.95. The van der Waals surface area contributed by atoms with Crippen molar-refractivity contribution < 1.29 is 14.7 Å². The number of aromatic nitrogens is 4. The zero-order valence-electron chi connectivity index (χ0n) is 12.8. The number of rotatable bonds is 5. The number of benzene rings is 1. The molecule has 0 aliphatic carbocycles. The van der Waals surface area contributed by atoms with Crippen molar-refractivity contribution in [1.29, 1.82) is 0 Å². The van der Waals surface area contributed by atoms with Crippen LogP contribution in [0.5, 0.6) is 0 Å². The van der Waals surface area contributed by atoms with Crippen LogP contribution in [-0.2, 0) is 6.54 Å². The third kappa shape index (κ3) is 3.81. The molecule has 1 amide bonds. The molecule has 0 saturated heterocycles. The molecule has 8 nitrogen and oxygen atoms in total. The van der Waals surface area contributed by atoms with Gasteiger partial charge in [0.2, 0.25) is 0 Å². The standard InChI is InChI=1S/C16H12ClN5O3/c17-11-4-2-1-3-10(11)9-22-8-5-12(21-22)20-15(23)13-14(16(24)25)19-7-6-18-13/h1-8H,9H2,(H,24,25)(H,20,21,23). The SMILES string of the molecule is O=C(O)c1nccnc1C(=O)Nc1ccn(Cc2ccccc2Cl)n1. The first-order chi connectivity index (χ1) is 12.0. The molecule has 0 aliphatic heterocycles. The predicted molar refractivity (Wildman–Crippen MR) is 89.7 cm³/mol. The Balaban J connectivity index is 1.75. The lowest BCUT2D eigenvalue weighted by Crippen LogP contribution is -2.19. The van der Waals surface area contributed by atoms with Gasteiger partial charge in [-0.3, -0.25) is 9.48 Å². The van der Waals surface area contributed by atoms with E-state index in [4.69, 9.17) is 16.7 Å². The van der Waals surface area contributed by atoms with Crippen LogP contribution in [0.3, 0.4) is 0 Å². The molecule has 0 saturated carbocycles. The number of carbonyl (C=O) groups is 2. The number of aromatic carboxylic acids is 1. The highest BCUT2D eigenvalue weighted by Crippen LogP contribution is 2.16. The van der Waals surface area contributed by atoms with Gasteiger partial charge >= 0.3 is 5.97 Å². The fourth-order valence-electron chi connectivity index (χ4n) is 2.15. The van der Waals surface area contributed by atoms with E-state index in [1.54, 1.807) is 23.0 Å². The summed E-state index contributed by atoms with van der Waals surface area (Å²) in [5, 5.41) is 16.4. The molecular formula is C16H12ClN5O3. The van der Waals surface area contributed by atoms with Crippen LogP contribution in [0.2, 0.25) is 5.02 Å². The molecule has 126 valence electrons. The van der Waals surface area contributed by atoms with Gasteiger partial charge in [0.1, 0.15) is 0 Å². The fourth-order valence-corrected chi connectivity index (χ4v) is 2.35. The minimum absolute atomic E-state index is 0.263. The van der Waals surface area contributed by atoms with Crippen LogP contribution in [0.4, 0.5) is 5.82 Å². The Morgan fingerprint density at radius 2 is 1.84 bits per heavy atom. The van der Waals surface area contributed by atoms with Crippen LogP contribution in [-0.4, -0.2) is 36.7 Å². The molecule has 2 aromatic heterocycles. The Morgan fingerprint density at radius 3 is 2.56 bits per heavy atom. The summed E-state index contributed by atoms with van der Waals surface area (Å²) >= 11 is 6.11. The number of carboxylic acid groups (broad SMARTS) is 1. The number of hydrogen-bond acceptors (Lipinski definition) is 5. The molecule has 0 aliphatic rings. The molecule has 0 bridgehead atoms. The van der Waals surface area contributed by atoms with Crippen molar-refractivity contribution in [2.45, 2.75) is 6.54 Å². The molecular weight excluding hydrogens is 346 g/mol. The van der Waals surface area contributed by atoms with Crippen molar-refractivity contribution in [2.24, 2.45) is 0 Å². The number of amides is 1. The Hall–Kier alpha value is -3.26. The molecule has 9 heteroatoms. The van der Waals surface area contributed by atoms with E-state index in [1.165, 1.54) is 12.4 Å². The second kappa shape index (κ2) is 7.10. The number of halogens is 1. The largest absolute Gasteiger partial charge is 0.476 e. The van der Waals surface area contributed by atoms with Gasteiger partial charge in [0.25, 0.3) is 5.91 Å². The second-order valence-corrected chi connectivity index (χ2v) is 5.41. The van der Waals surface area contributed by atoms with Gasteiger partial charge in [-0.2, -0.15) is 5.10 Å². The molecule has 3 rings (SSSR count). The van der Waals surface area contributed by atoms with E-state index in [-0.39, 0.29) is 11.5 Å². The first-order valence-electron chi connectivity index (χ1n) is 7.17. The highest BCUT2D eigenvalue weighted by Gasteiger charge is 2.20. The van der Waals surface area contributed by atoms with Gasteiger partial charge in [-0.1, -0.05) is 29.8 Å². The number of hydrogen-bond donors (Lipinski definition) is 2. The zero-order chi connectivity index (χ0) is 17.8. The quantitative estimate of drug-likeness (QED) is 0.725. The van der Waals surface area contributed by atoms with Crippen molar-refractivity contribution in [3.63, 3.8) is 0 Å². The lowest BCUT2D eigenvalue weighted by atomic mass is 10.2. The van der Waals surface area contributed by atoms with E-state index in [2.05, 4.69) is 20.4 Å². The molecule has 2 N–H and O–H groups in total. The first kappa shape index (κ1) is 16.6. The second-order valence-electron chi connectivity index (χ2n) is 5.00. The van der Waals surface area contributed by atoms with E-state index < -0.39 is 17.6 Å². The van der Waals surface area contributed by atoms with Crippen LogP contribution in [0.15, 0.2) is 48.9 Å². The Bertz CT molecular complexity index is 941. The number of carboxylic acids is 1. The van der Waals surface area contributed by atoms with Crippen LogP contribution in [0, 0.1) is 0 Å². The van der Waals surface area contributed by atoms with Crippen LogP contribution in [0.25, 0.3) is 0 Å². The molecule has 0 spiro atoms. The maximum Gasteiger partial charge on any atom is 0.356 e. The van der Waals surface area contributed by atoms with E-state index in [0.717, 1.165) is 5.56 Å². The van der Waals surface area contributed by atoms with Crippen LogP contribution >= 0.6 is 11.6 Å². The Labute approximate surface area is 147 Å². The smallest absolute Gasteiger partial charge is 0.356 e. The number of nitrogens with one attached hydrogen (secondary N) is 1. The summed E-state index contributed by atoms with van der Waals surface area (Å²) in [5.74, 6) is -1.77. The maximum atomic E-state index is 12.2. The minimum atomic E-state index is -1.33. The summed E-state index contributed by atoms with van der Waals surface area (Å²) in [7, 11) is 0. The molecule has 0 fully saturated rings. The van der Waals surface area contributed by atoms with Gasteiger partial charge in [-0.05, 0) is 11.6 Å². The normalized spacial score (nSPS) is 10.4. The van der Waals surface area contributed by atoms with Crippen molar-refractivity contribution in [3.8, 4) is 0 Å². The summed E-state index contributed by atoms with van der Waals surface area (Å²) in [4.78, 5) is 30.7. The average molecular weight is 358 g/mol. The topological polar surface area (TPSA) is 110 Å². The predicted octanol–water partition coefficient (Wildman–Crippen LogP) is 2.33. The van der Waals surface area contributed by atoms with Crippen molar-refractivity contribution in [3.05, 3.63) is 70.9 Å². The van der Waals surface area contributed by atoms with Crippen LogP contribution < -0.4 is 5.32 Å². The Morgan fingerprint density at radius 1 is 1.12 bits per heavy atom. The number of carbonyl (C=O) groups excluding carboxylic acids is 1. The highest BCUT2D eigenvalue weighted by molar-refractivity contribution is 6.31. The summed E-state index contributed by atoms with van der Waals surface area (Å²) in [6.45, 7) is 0.432. The minimum Gasteiger partial charge on any atom is -0.476 e. The molecule has 0 unspecified atom stereocenters. The first-order valence-corrected chi connectivity index (χ1v) is 7.55.